The fourth-order valence-electron chi connectivity index (χ4n) is 4.00. The molecule has 116 valence electrons. The Kier molecular flexibility index (Phi) is 3.77. The lowest BCUT2D eigenvalue weighted by atomic mass is 9.72. The van der Waals surface area contributed by atoms with Crippen LogP contribution >= 0.6 is 0 Å². The summed E-state index contributed by atoms with van der Waals surface area (Å²) in [5.41, 5.74) is 1.64. The first-order chi connectivity index (χ1) is 9.87. The van der Waals surface area contributed by atoms with E-state index in [1.54, 1.807) is 0 Å². The number of hydrogen-bond acceptors (Lipinski definition) is 2. The predicted octanol–water partition coefficient (Wildman–Crippen LogP) is 4.85. The van der Waals surface area contributed by atoms with Gasteiger partial charge in [-0.2, -0.15) is 0 Å². The van der Waals surface area contributed by atoms with Crippen molar-refractivity contribution >= 4 is 0 Å². The molecule has 0 amide bonds. The first kappa shape index (κ1) is 14.9. The SMILES string of the molecule is CC1(C)CC(NC2CCCCC2(C)C)c2ccccc2O1. The van der Waals surface area contributed by atoms with E-state index in [9.17, 15) is 0 Å². The summed E-state index contributed by atoms with van der Waals surface area (Å²) in [6.45, 7) is 9.23. The molecule has 0 radical (unpaired) electrons. The maximum atomic E-state index is 6.15. The van der Waals surface area contributed by atoms with E-state index in [-0.39, 0.29) is 5.60 Å². The zero-order valence-electron chi connectivity index (χ0n) is 13.9. The van der Waals surface area contributed by atoms with Crippen LogP contribution in [0.25, 0.3) is 0 Å². The molecule has 2 nitrogen and oxygen atoms in total. The van der Waals surface area contributed by atoms with Gasteiger partial charge in [0.05, 0.1) is 0 Å². The molecule has 1 aliphatic carbocycles. The second kappa shape index (κ2) is 5.31. The van der Waals surface area contributed by atoms with E-state index >= 15 is 0 Å². The molecule has 2 atom stereocenters. The van der Waals surface area contributed by atoms with Gasteiger partial charge in [0.15, 0.2) is 0 Å². The van der Waals surface area contributed by atoms with Crippen LogP contribution in [0.5, 0.6) is 5.75 Å². The van der Waals surface area contributed by atoms with Crippen LogP contribution in [0, 0.1) is 5.41 Å². The average Bonchev–Trinajstić information content (AvgIpc) is 2.40. The van der Waals surface area contributed by atoms with Gasteiger partial charge in [0.25, 0.3) is 0 Å². The molecular formula is C19H29NO. The highest BCUT2D eigenvalue weighted by atomic mass is 16.5. The Bertz CT molecular complexity index is 506. The first-order valence-corrected chi connectivity index (χ1v) is 8.41. The van der Waals surface area contributed by atoms with Gasteiger partial charge in [-0.1, -0.05) is 44.9 Å². The summed E-state index contributed by atoms with van der Waals surface area (Å²) in [5, 5.41) is 3.98. The smallest absolute Gasteiger partial charge is 0.124 e. The zero-order chi connectivity index (χ0) is 15.1. The minimum absolute atomic E-state index is 0.0924. The highest BCUT2D eigenvalue weighted by Crippen LogP contribution is 2.42. The fourth-order valence-corrected chi connectivity index (χ4v) is 4.00. The summed E-state index contributed by atoms with van der Waals surface area (Å²) in [6, 6.07) is 9.54. The van der Waals surface area contributed by atoms with E-state index in [0.29, 0.717) is 17.5 Å². The quantitative estimate of drug-likeness (QED) is 0.839. The third-order valence-electron chi connectivity index (χ3n) is 5.29. The molecule has 0 aromatic heterocycles. The van der Waals surface area contributed by atoms with E-state index in [1.165, 1.54) is 31.2 Å². The van der Waals surface area contributed by atoms with Crippen molar-refractivity contribution in [2.45, 2.75) is 77.5 Å². The van der Waals surface area contributed by atoms with Crippen molar-refractivity contribution < 1.29 is 4.74 Å². The van der Waals surface area contributed by atoms with Crippen LogP contribution in [0.15, 0.2) is 24.3 Å². The van der Waals surface area contributed by atoms with Crippen LogP contribution in [0.3, 0.4) is 0 Å². The maximum absolute atomic E-state index is 6.15. The van der Waals surface area contributed by atoms with E-state index in [2.05, 4.69) is 57.3 Å². The Balaban J connectivity index is 1.84. The zero-order valence-corrected chi connectivity index (χ0v) is 13.9. The fraction of sp³-hybridized carbons (Fsp3) is 0.684. The standard InChI is InChI=1S/C19H29NO/c1-18(2)12-8-7-11-17(18)20-15-13-19(3,4)21-16-10-6-5-9-14(15)16/h5-6,9-10,15,17,20H,7-8,11-13H2,1-4H3. The molecule has 2 aliphatic rings. The minimum Gasteiger partial charge on any atom is -0.487 e. The summed E-state index contributed by atoms with van der Waals surface area (Å²) in [4.78, 5) is 0. The van der Waals surface area contributed by atoms with Crippen LogP contribution in [-0.2, 0) is 0 Å². The van der Waals surface area contributed by atoms with Gasteiger partial charge in [0.1, 0.15) is 11.4 Å². The van der Waals surface area contributed by atoms with Crippen LogP contribution in [0.4, 0.5) is 0 Å². The van der Waals surface area contributed by atoms with E-state index in [1.807, 2.05) is 0 Å². The predicted molar refractivity (Wildman–Crippen MR) is 87.7 cm³/mol. The van der Waals surface area contributed by atoms with Crippen molar-refractivity contribution in [3.63, 3.8) is 0 Å². The number of fused-ring (bicyclic) bond motifs is 1. The Labute approximate surface area is 129 Å². The van der Waals surface area contributed by atoms with E-state index < -0.39 is 0 Å². The Morgan fingerprint density at radius 2 is 1.86 bits per heavy atom. The topological polar surface area (TPSA) is 21.3 Å². The van der Waals surface area contributed by atoms with Crippen molar-refractivity contribution in [3.05, 3.63) is 29.8 Å². The van der Waals surface area contributed by atoms with Crippen molar-refractivity contribution in [3.8, 4) is 5.75 Å². The largest absolute Gasteiger partial charge is 0.487 e. The number of hydrogen-bond donors (Lipinski definition) is 1. The molecule has 1 saturated carbocycles. The molecule has 0 bridgehead atoms. The monoisotopic (exact) mass is 287 g/mol. The van der Waals surface area contributed by atoms with Crippen LogP contribution in [0.2, 0.25) is 0 Å². The highest BCUT2D eigenvalue weighted by Gasteiger charge is 2.38. The lowest BCUT2D eigenvalue weighted by molar-refractivity contribution is 0.0533. The molecular weight excluding hydrogens is 258 g/mol. The lowest BCUT2D eigenvalue weighted by Crippen LogP contribution is -2.49. The molecule has 1 aliphatic heterocycles. The van der Waals surface area contributed by atoms with Gasteiger partial charge in [0.2, 0.25) is 0 Å². The van der Waals surface area contributed by atoms with Gasteiger partial charge >= 0.3 is 0 Å². The number of nitrogens with one attached hydrogen (secondary N) is 1. The molecule has 1 aromatic rings. The van der Waals surface area contributed by atoms with Gasteiger partial charge < -0.3 is 10.1 Å². The molecule has 0 spiro atoms. The summed E-state index contributed by atoms with van der Waals surface area (Å²) in [6.07, 6.45) is 6.40. The molecule has 1 heterocycles. The summed E-state index contributed by atoms with van der Waals surface area (Å²) >= 11 is 0. The van der Waals surface area contributed by atoms with Gasteiger partial charge in [-0.25, -0.2) is 0 Å². The maximum Gasteiger partial charge on any atom is 0.124 e. The Morgan fingerprint density at radius 3 is 2.62 bits per heavy atom. The van der Waals surface area contributed by atoms with Crippen molar-refractivity contribution in [1.29, 1.82) is 0 Å². The Morgan fingerprint density at radius 1 is 1.10 bits per heavy atom. The van der Waals surface area contributed by atoms with Crippen LogP contribution < -0.4 is 10.1 Å². The summed E-state index contributed by atoms with van der Waals surface area (Å²) in [7, 11) is 0. The molecule has 3 rings (SSSR count). The molecule has 1 N–H and O–H groups in total. The van der Waals surface area contributed by atoms with Gasteiger partial charge in [-0.3, -0.25) is 0 Å². The Hall–Kier alpha value is -1.02. The van der Waals surface area contributed by atoms with Gasteiger partial charge in [-0.15, -0.1) is 0 Å². The lowest BCUT2D eigenvalue weighted by Gasteiger charge is -2.44. The summed E-state index contributed by atoms with van der Waals surface area (Å²) < 4.78 is 6.15. The van der Waals surface area contributed by atoms with Crippen LogP contribution in [0.1, 0.15) is 71.4 Å². The van der Waals surface area contributed by atoms with Crippen molar-refractivity contribution in [2.24, 2.45) is 5.41 Å². The molecule has 1 fully saturated rings. The number of rotatable bonds is 2. The van der Waals surface area contributed by atoms with Crippen molar-refractivity contribution in [1.82, 2.24) is 5.32 Å². The second-order valence-electron chi connectivity index (χ2n) is 8.11. The van der Waals surface area contributed by atoms with E-state index in [4.69, 9.17) is 4.74 Å². The van der Waals surface area contributed by atoms with Gasteiger partial charge in [0, 0.05) is 24.1 Å². The molecule has 21 heavy (non-hydrogen) atoms. The molecule has 1 aromatic carbocycles. The minimum atomic E-state index is -0.0924. The normalized spacial score (nSPS) is 30.3. The van der Waals surface area contributed by atoms with Crippen molar-refractivity contribution in [2.75, 3.05) is 0 Å². The first-order valence-electron chi connectivity index (χ1n) is 8.41. The third kappa shape index (κ3) is 3.11. The molecule has 0 saturated heterocycles. The second-order valence-corrected chi connectivity index (χ2v) is 8.11. The molecule has 2 heteroatoms. The number of para-hydroxylation sites is 1. The number of ether oxygens (including phenoxy) is 1. The summed E-state index contributed by atoms with van der Waals surface area (Å²) in [5.74, 6) is 1.06. The average molecular weight is 287 g/mol. The van der Waals surface area contributed by atoms with Gasteiger partial charge in [-0.05, 0) is 38.2 Å². The number of benzene rings is 1. The third-order valence-corrected chi connectivity index (χ3v) is 5.29. The van der Waals surface area contributed by atoms with Crippen LogP contribution in [-0.4, -0.2) is 11.6 Å². The molecule has 2 unspecified atom stereocenters. The highest BCUT2D eigenvalue weighted by molar-refractivity contribution is 5.38. The van der Waals surface area contributed by atoms with E-state index in [0.717, 1.165) is 12.2 Å².